The Labute approximate surface area is 198 Å². The van der Waals surface area contributed by atoms with Gasteiger partial charge in [0.1, 0.15) is 11.6 Å². The molecule has 3 amide bonds. The van der Waals surface area contributed by atoms with E-state index in [4.69, 9.17) is 16.3 Å². The first-order valence-electron chi connectivity index (χ1n) is 11.2. The minimum Gasteiger partial charge on any atom is -0.494 e. The molecule has 1 fully saturated rings. The zero-order valence-electron chi connectivity index (χ0n) is 18.7. The molecule has 2 N–H and O–H groups in total. The van der Waals surface area contributed by atoms with Crippen molar-refractivity contribution in [1.29, 1.82) is 0 Å². The lowest BCUT2D eigenvalue weighted by molar-refractivity contribution is -0.133. The highest BCUT2D eigenvalue weighted by Crippen LogP contribution is 2.20. The Kier molecular flexibility index (Phi) is 9.06. The van der Waals surface area contributed by atoms with Crippen molar-refractivity contribution >= 4 is 35.1 Å². The van der Waals surface area contributed by atoms with Gasteiger partial charge in [0.05, 0.1) is 18.2 Å². The van der Waals surface area contributed by atoms with Crippen molar-refractivity contribution in [2.45, 2.75) is 32.6 Å². The molecule has 33 heavy (non-hydrogen) atoms. The predicted molar refractivity (Wildman–Crippen MR) is 126 cm³/mol. The summed E-state index contributed by atoms with van der Waals surface area (Å²) in [6, 6.07) is 10.2. The third kappa shape index (κ3) is 7.46. The number of rotatable bonds is 9. The zero-order chi connectivity index (χ0) is 23.6. The normalized spacial score (nSPS) is 13.9. The third-order valence-corrected chi connectivity index (χ3v) is 5.70. The number of likely N-dealkylation sites (tertiary alicyclic amines) is 1. The number of piperidine rings is 1. The van der Waals surface area contributed by atoms with Crippen LogP contribution in [0.3, 0.4) is 0 Å². The second-order valence-electron chi connectivity index (χ2n) is 7.92. The molecule has 0 bridgehead atoms. The molecule has 1 aromatic carbocycles. The van der Waals surface area contributed by atoms with Gasteiger partial charge in [-0.3, -0.25) is 14.4 Å². The summed E-state index contributed by atoms with van der Waals surface area (Å²) in [5.41, 5.74) is 0.469. The Morgan fingerprint density at radius 2 is 1.85 bits per heavy atom. The summed E-state index contributed by atoms with van der Waals surface area (Å²) < 4.78 is 5.59. The summed E-state index contributed by atoms with van der Waals surface area (Å²) in [6.07, 6.45) is 4.62. The fourth-order valence-electron chi connectivity index (χ4n) is 3.48. The first-order chi connectivity index (χ1) is 16.0. The summed E-state index contributed by atoms with van der Waals surface area (Å²) in [4.78, 5) is 43.0. The monoisotopic (exact) mass is 472 g/mol. The topological polar surface area (TPSA) is 101 Å². The van der Waals surface area contributed by atoms with E-state index in [1.54, 1.807) is 41.3 Å². The van der Waals surface area contributed by atoms with E-state index in [0.717, 1.165) is 18.6 Å². The largest absolute Gasteiger partial charge is 0.494 e. The number of benzene rings is 1. The van der Waals surface area contributed by atoms with Gasteiger partial charge >= 0.3 is 0 Å². The summed E-state index contributed by atoms with van der Waals surface area (Å²) in [7, 11) is 0. The number of anilines is 1. The Morgan fingerprint density at radius 3 is 2.48 bits per heavy atom. The Hall–Kier alpha value is -3.13. The molecule has 0 radical (unpaired) electrons. The van der Waals surface area contributed by atoms with Gasteiger partial charge in [-0.1, -0.05) is 24.9 Å². The van der Waals surface area contributed by atoms with Gasteiger partial charge in [0, 0.05) is 30.8 Å². The lowest BCUT2D eigenvalue weighted by Crippen LogP contribution is -2.45. The van der Waals surface area contributed by atoms with Crippen LogP contribution in [0.25, 0.3) is 0 Å². The molecule has 9 heteroatoms. The quantitative estimate of drug-likeness (QED) is 0.544. The second-order valence-corrected chi connectivity index (χ2v) is 8.35. The number of pyridine rings is 1. The van der Waals surface area contributed by atoms with Crippen LogP contribution in [-0.2, 0) is 9.59 Å². The number of aromatic nitrogens is 1. The van der Waals surface area contributed by atoms with Crippen molar-refractivity contribution in [1.82, 2.24) is 15.2 Å². The molecule has 0 saturated carbocycles. The van der Waals surface area contributed by atoms with Crippen LogP contribution in [0.1, 0.15) is 43.0 Å². The van der Waals surface area contributed by atoms with E-state index in [1.807, 2.05) is 0 Å². The van der Waals surface area contributed by atoms with Crippen molar-refractivity contribution in [2.75, 3.05) is 31.6 Å². The molecule has 0 aliphatic carbocycles. The highest BCUT2D eigenvalue weighted by Gasteiger charge is 2.27. The smallest absolute Gasteiger partial charge is 0.251 e. The van der Waals surface area contributed by atoms with Gasteiger partial charge in [0.25, 0.3) is 5.91 Å². The number of nitrogens with zero attached hydrogens (tertiary/aromatic N) is 2. The number of amides is 3. The first kappa shape index (κ1) is 24.5. The predicted octanol–water partition coefficient (Wildman–Crippen LogP) is 3.52. The van der Waals surface area contributed by atoms with Gasteiger partial charge in [-0.05, 0) is 55.7 Å². The molecule has 1 aliphatic rings. The van der Waals surface area contributed by atoms with E-state index >= 15 is 0 Å². The average Bonchev–Trinajstić information content (AvgIpc) is 2.84. The standard InChI is InChI=1S/C24H29ClN4O4/c1-2-3-14-33-20-7-4-17(5-8-20)23(31)27-16-22(30)29-12-10-18(11-13-29)24(32)28-21-9-6-19(25)15-26-21/h4-9,15,18H,2-3,10-14,16H2,1H3,(H,27,31)(H,26,28,32). The SMILES string of the molecule is CCCCOc1ccc(C(=O)NCC(=O)N2CCC(C(=O)Nc3ccc(Cl)cn3)CC2)cc1. The molecule has 1 aliphatic heterocycles. The number of carbonyl (C=O) groups is 3. The van der Waals surface area contributed by atoms with Crippen molar-refractivity contribution in [2.24, 2.45) is 5.92 Å². The number of hydrogen-bond donors (Lipinski definition) is 2. The maximum absolute atomic E-state index is 12.5. The maximum Gasteiger partial charge on any atom is 0.251 e. The summed E-state index contributed by atoms with van der Waals surface area (Å²) in [5.74, 6) is 0.377. The molecule has 8 nitrogen and oxygen atoms in total. The molecule has 1 saturated heterocycles. The van der Waals surface area contributed by atoms with E-state index in [2.05, 4.69) is 22.5 Å². The van der Waals surface area contributed by atoms with Gasteiger partial charge in [-0.15, -0.1) is 0 Å². The number of carbonyl (C=O) groups excluding carboxylic acids is 3. The lowest BCUT2D eigenvalue weighted by atomic mass is 9.96. The van der Waals surface area contributed by atoms with E-state index in [0.29, 0.717) is 48.9 Å². The summed E-state index contributed by atoms with van der Waals surface area (Å²) >= 11 is 5.81. The van der Waals surface area contributed by atoms with Crippen LogP contribution in [0.2, 0.25) is 5.02 Å². The summed E-state index contributed by atoms with van der Waals surface area (Å²) in [6.45, 7) is 3.58. The van der Waals surface area contributed by atoms with Crippen LogP contribution in [-0.4, -0.2) is 53.8 Å². The number of hydrogen-bond acceptors (Lipinski definition) is 5. The van der Waals surface area contributed by atoms with Crippen molar-refractivity contribution < 1.29 is 19.1 Å². The first-order valence-corrected chi connectivity index (χ1v) is 11.6. The van der Waals surface area contributed by atoms with Gasteiger partial charge < -0.3 is 20.3 Å². The van der Waals surface area contributed by atoms with Crippen molar-refractivity contribution in [3.63, 3.8) is 0 Å². The van der Waals surface area contributed by atoms with E-state index in [1.165, 1.54) is 6.20 Å². The maximum atomic E-state index is 12.5. The molecule has 0 atom stereocenters. The van der Waals surface area contributed by atoms with Crippen molar-refractivity contribution in [3.8, 4) is 5.75 Å². The van der Waals surface area contributed by atoms with E-state index < -0.39 is 0 Å². The molecule has 2 aromatic rings. The van der Waals surface area contributed by atoms with E-state index in [9.17, 15) is 14.4 Å². The van der Waals surface area contributed by atoms with Gasteiger partial charge in [-0.2, -0.15) is 0 Å². The minimum atomic E-state index is -0.312. The number of nitrogens with one attached hydrogen (secondary N) is 2. The number of unbranched alkanes of at least 4 members (excludes halogenated alkanes) is 1. The summed E-state index contributed by atoms with van der Waals surface area (Å²) in [5, 5.41) is 5.95. The minimum absolute atomic E-state index is 0.0842. The Balaban J connectivity index is 1.39. The van der Waals surface area contributed by atoms with Gasteiger partial charge in [-0.25, -0.2) is 4.98 Å². The third-order valence-electron chi connectivity index (χ3n) is 5.48. The molecule has 176 valence electrons. The average molecular weight is 473 g/mol. The highest BCUT2D eigenvalue weighted by atomic mass is 35.5. The second kappa shape index (κ2) is 12.2. The highest BCUT2D eigenvalue weighted by molar-refractivity contribution is 6.30. The zero-order valence-corrected chi connectivity index (χ0v) is 19.4. The number of halogens is 1. The van der Waals surface area contributed by atoms with Crippen LogP contribution in [0.4, 0.5) is 5.82 Å². The Bertz CT molecular complexity index is 942. The molecule has 3 rings (SSSR count). The molecule has 0 unspecified atom stereocenters. The van der Waals surface area contributed by atoms with Crippen LogP contribution >= 0.6 is 11.6 Å². The van der Waals surface area contributed by atoms with Crippen LogP contribution in [0.5, 0.6) is 5.75 Å². The molecule has 2 heterocycles. The molecular formula is C24H29ClN4O4. The fraction of sp³-hybridized carbons (Fsp3) is 0.417. The molecule has 1 aromatic heterocycles. The number of ether oxygens (including phenoxy) is 1. The van der Waals surface area contributed by atoms with Gasteiger partial charge in [0.2, 0.25) is 11.8 Å². The fourth-order valence-corrected chi connectivity index (χ4v) is 3.59. The van der Waals surface area contributed by atoms with Crippen LogP contribution < -0.4 is 15.4 Å². The van der Waals surface area contributed by atoms with Crippen LogP contribution in [0, 0.1) is 5.92 Å². The van der Waals surface area contributed by atoms with Crippen molar-refractivity contribution in [3.05, 3.63) is 53.2 Å². The Morgan fingerprint density at radius 1 is 1.12 bits per heavy atom. The van der Waals surface area contributed by atoms with E-state index in [-0.39, 0.29) is 30.2 Å². The molecular weight excluding hydrogens is 444 g/mol. The molecule has 0 spiro atoms. The van der Waals surface area contributed by atoms with Crippen LogP contribution in [0.15, 0.2) is 42.6 Å². The lowest BCUT2D eigenvalue weighted by Gasteiger charge is -2.31. The van der Waals surface area contributed by atoms with Gasteiger partial charge in [0.15, 0.2) is 0 Å².